The number of hydrogen-bond acceptors (Lipinski definition) is 4. The van der Waals surface area contributed by atoms with Crippen LogP contribution in [-0.2, 0) is 17.9 Å². The van der Waals surface area contributed by atoms with Crippen LogP contribution in [0.25, 0.3) is 4.85 Å². The molecule has 0 atom stereocenters. The minimum Gasteiger partial charge on any atom is -0.377 e. The van der Waals surface area contributed by atoms with E-state index < -0.39 is 0 Å². The lowest BCUT2D eigenvalue weighted by molar-refractivity contribution is 0.174. The van der Waals surface area contributed by atoms with Gasteiger partial charge in [0, 0.05) is 7.11 Å². The van der Waals surface area contributed by atoms with Gasteiger partial charge in [0.05, 0.1) is 0 Å². The van der Waals surface area contributed by atoms with E-state index in [0.717, 1.165) is 0 Å². The van der Waals surface area contributed by atoms with E-state index in [1.165, 1.54) is 0 Å². The van der Waals surface area contributed by atoms with E-state index in [0.29, 0.717) is 18.3 Å². The molecule has 0 unspecified atom stereocenters. The molecule has 0 fully saturated rings. The van der Waals surface area contributed by atoms with Gasteiger partial charge in [-0.25, -0.2) is 6.57 Å². The van der Waals surface area contributed by atoms with Crippen molar-refractivity contribution in [3.8, 4) is 0 Å². The van der Waals surface area contributed by atoms with Crippen molar-refractivity contribution in [2.24, 2.45) is 0 Å². The zero-order chi connectivity index (χ0) is 8.10. The van der Waals surface area contributed by atoms with E-state index in [4.69, 9.17) is 15.8 Å². The Bertz CT molecular complexity index is 263. The third-order valence-electron chi connectivity index (χ3n) is 0.998. The van der Waals surface area contributed by atoms with Gasteiger partial charge in [-0.15, -0.1) is 0 Å². The van der Waals surface area contributed by atoms with Crippen molar-refractivity contribution in [2.45, 2.75) is 13.2 Å². The summed E-state index contributed by atoms with van der Waals surface area (Å²) in [4.78, 5) is 6.97. The highest BCUT2D eigenvalue weighted by atomic mass is 16.5. The number of hydrogen-bond donors (Lipinski definition) is 0. The summed E-state index contributed by atoms with van der Waals surface area (Å²) >= 11 is 0. The second-order valence-corrected chi connectivity index (χ2v) is 1.85. The van der Waals surface area contributed by atoms with Crippen LogP contribution < -0.4 is 0 Å². The normalized spacial score (nSPS) is 9.45. The van der Waals surface area contributed by atoms with Crippen LogP contribution in [0.4, 0.5) is 0 Å². The first-order valence-corrected chi connectivity index (χ1v) is 3.00. The van der Waals surface area contributed by atoms with Crippen LogP contribution in [0.3, 0.4) is 0 Å². The first-order chi connectivity index (χ1) is 5.36. The van der Waals surface area contributed by atoms with Gasteiger partial charge in [-0.3, -0.25) is 0 Å². The molecule has 1 heterocycles. The van der Waals surface area contributed by atoms with Gasteiger partial charge < -0.3 is 14.1 Å². The van der Waals surface area contributed by atoms with Crippen LogP contribution in [-0.4, -0.2) is 17.3 Å². The fourth-order valence-corrected chi connectivity index (χ4v) is 0.610. The Balaban J connectivity index is 2.60. The van der Waals surface area contributed by atoms with E-state index in [9.17, 15) is 0 Å². The van der Waals surface area contributed by atoms with Crippen LogP contribution in [0.15, 0.2) is 4.52 Å². The van der Waals surface area contributed by atoms with E-state index in [2.05, 4.69) is 15.0 Å². The summed E-state index contributed by atoms with van der Waals surface area (Å²) in [6.45, 7) is 6.97. The van der Waals surface area contributed by atoms with Crippen LogP contribution in [0.2, 0.25) is 0 Å². The second-order valence-electron chi connectivity index (χ2n) is 1.85. The van der Waals surface area contributed by atoms with E-state index >= 15 is 0 Å². The van der Waals surface area contributed by atoms with Gasteiger partial charge in [0.15, 0.2) is 5.82 Å². The van der Waals surface area contributed by atoms with Crippen molar-refractivity contribution in [3.63, 3.8) is 0 Å². The summed E-state index contributed by atoms with van der Waals surface area (Å²) < 4.78 is 9.46. The Morgan fingerprint density at radius 2 is 2.55 bits per heavy atom. The van der Waals surface area contributed by atoms with Crippen molar-refractivity contribution < 1.29 is 9.26 Å². The molecule has 0 bridgehead atoms. The third-order valence-corrected chi connectivity index (χ3v) is 0.998. The zero-order valence-electron chi connectivity index (χ0n) is 6.07. The van der Waals surface area contributed by atoms with Crippen molar-refractivity contribution >= 4 is 0 Å². The minimum absolute atomic E-state index is 0.136. The highest BCUT2D eigenvalue weighted by molar-refractivity contribution is 4.86. The Hall–Kier alpha value is -1.41. The molecule has 11 heavy (non-hydrogen) atoms. The first kappa shape index (κ1) is 7.69. The quantitative estimate of drug-likeness (QED) is 0.598. The molecule has 1 aromatic heterocycles. The lowest BCUT2D eigenvalue weighted by Crippen LogP contribution is -1.89. The fourth-order valence-electron chi connectivity index (χ4n) is 0.610. The molecular formula is C6H7N3O2. The van der Waals surface area contributed by atoms with Gasteiger partial charge in [0.1, 0.15) is 6.61 Å². The van der Waals surface area contributed by atoms with Crippen LogP contribution >= 0.6 is 0 Å². The highest BCUT2D eigenvalue weighted by Gasteiger charge is 2.06. The van der Waals surface area contributed by atoms with Crippen molar-refractivity contribution in [1.29, 1.82) is 0 Å². The summed E-state index contributed by atoms with van der Waals surface area (Å²) in [5.74, 6) is 0.818. The molecule has 0 aromatic carbocycles. The summed E-state index contributed by atoms with van der Waals surface area (Å²) in [5, 5.41) is 3.57. The van der Waals surface area contributed by atoms with Crippen molar-refractivity contribution in [3.05, 3.63) is 23.1 Å². The number of nitrogens with zero attached hydrogens (tertiary/aromatic N) is 3. The summed E-state index contributed by atoms with van der Waals surface area (Å²) in [6, 6.07) is 0. The van der Waals surface area contributed by atoms with E-state index in [1.807, 2.05) is 0 Å². The molecule has 0 spiro atoms. The average Bonchev–Trinajstić information content (AvgIpc) is 2.38. The Morgan fingerprint density at radius 3 is 3.18 bits per heavy atom. The number of methoxy groups -OCH3 is 1. The van der Waals surface area contributed by atoms with Gasteiger partial charge in [-0.1, -0.05) is 5.16 Å². The van der Waals surface area contributed by atoms with Crippen molar-refractivity contribution in [1.82, 2.24) is 10.1 Å². The lowest BCUT2D eigenvalue weighted by atomic mass is 10.6. The van der Waals surface area contributed by atoms with Gasteiger partial charge in [-0.2, -0.15) is 4.98 Å². The van der Waals surface area contributed by atoms with Gasteiger partial charge in [0.25, 0.3) is 6.54 Å². The second kappa shape index (κ2) is 3.68. The van der Waals surface area contributed by atoms with E-state index in [-0.39, 0.29) is 6.54 Å². The molecule has 0 radical (unpaired) electrons. The molecule has 58 valence electrons. The molecule has 5 nitrogen and oxygen atoms in total. The number of aromatic nitrogens is 2. The summed E-state index contributed by atoms with van der Waals surface area (Å²) in [5.41, 5.74) is 0. The minimum atomic E-state index is 0.136. The maximum Gasteiger partial charge on any atom is 0.306 e. The zero-order valence-corrected chi connectivity index (χ0v) is 6.07. The van der Waals surface area contributed by atoms with Crippen LogP contribution in [0, 0.1) is 6.57 Å². The lowest BCUT2D eigenvalue weighted by Gasteiger charge is -1.85. The Labute approximate surface area is 63.8 Å². The first-order valence-electron chi connectivity index (χ1n) is 3.00. The third kappa shape index (κ3) is 2.02. The molecule has 0 amide bonds. The monoisotopic (exact) mass is 153 g/mol. The largest absolute Gasteiger partial charge is 0.377 e. The fraction of sp³-hybridized carbons (Fsp3) is 0.500. The molecule has 0 saturated heterocycles. The van der Waals surface area contributed by atoms with E-state index in [1.54, 1.807) is 7.11 Å². The maximum absolute atomic E-state index is 6.52. The molecular weight excluding hydrogens is 146 g/mol. The summed E-state index contributed by atoms with van der Waals surface area (Å²) in [6.07, 6.45) is 0. The molecule has 0 N–H and O–H groups in total. The topological polar surface area (TPSA) is 52.5 Å². The number of ether oxygens (including phenoxy) is 1. The molecule has 1 rings (SSSR count). The molecule has 5 heteroatoms. The molecule has 0 aliphatic carbocycles. The summed E-state index contributed by atoms with van der Waals surface area (Å²) in [7, 11) is 1.55. The van der Waals surface area contributed by atoms with Gasteiger partial charge >= 0.3 is 5.89 Å². The molecule has 0 saturated carbocycles. The predicted octanol–water partition coefficient (Wildman–Crippen LogP) is 0.635. The predicted molar refractivity (Wildman–Crippen MR) is 35.3 cm³/mol. The van der Waals surface area contributed by atoms with Gasteiger partial charge in [-0.05, 0) is 0 Å². The molecule has 0 aliphatic rings. The standard InChI is InChI=1S/C6H7N3O2/c1-7-3-6-8-5(4-10-2)9-11-6/h3-4H2,2H3. The SMILES string of the molecule is [C-]#[N+]Cc1nc(COC)no1. The smallest absolute Gasteiger partial charge is 0.306 e. The Morgan fingerprint density at radius 1 is 1.73 bits per heavy atom. The number of rotatable bonds is 3. The Kier molecular flexibility index (Phi) is 2.58. The molecule has 1 aromatic rings. The molecule has 0 aliphatic heterocycles. The van der Waals surface area contributed by atoms with Gasteiger partial charge in [0.2, 0.25) is 0 Å². The average molecular weight is 153 g/mol. The van der Waals surface area contributed by atoms with Crippen molar-refractivity contribution in [2.75, 3.05) is 7.11 Å². The maximum atomic E-state index is 6.52. The van der Waals surface area contributed by atoms with Crippen LogP contribution in [0.5, 0.6) is 0 Å². The highest BCUT2D eigenvalue weighted by Crippen LogP contribution is 1.99. The van der Waals surface area contributed by atoms with Crippen LogP contribution in [0.1, 0.15) is 11.7 Å².